The number of hydrogen-bond donors (Lipinski definition) is 19. The number of rotatable bonds is 17. The van der Waals surface area contributed by atoms with E-state index in [-0.39, 0.29) is 185 Å². The maximum absolute atomic E-state index is 16.2. The number of benzene rings is 3. The lowest BCUT2D eigenvalue weighted by Crippen LogP contribution is -2.67. The number of thiophene rings is 2. The van der Waals surface area contributed by atoms with Crippen LogP contribution < -0.4 is 85.5 Å². The molecule has 3 bridgehead atoms. The van der Waals surface area contributed by atoms with Gasteiger partial charge in [0.2, 0.25) is 100 Å². The van der Waals surface area contributed by atoms with E-state index < -0.39 is 251 Å². The molecule has 5 aliphatic heterocycles. The van der Waals surface area contributed by atoms with Gasteiger partial charge in [0.05, 0.1) is 31.6 Å². The van der Waals surface area contributed by atoms with E-state index in [0.29, 0.717) is 23.1 Å². The molecule has 1 aliphatic carbocycles. The van der Waals surface area contributed by atoms with Gasteiger partial charge in [0.15, 0.2) is 0 Å². The van der Waals surface area contributed by atoms with Crippen molar-refractivity contribution in [2.45, 2.75) is 310 Å². The highest BCUT2D eigenvalue weighted by Gasteiger charge is 2.54. The van der Waals surface area contributed by atoms with Crippen LogP contribution in [0.5, 0.6) is 0 Å². The van der Waals surface area contributed by atoms with E-state index in [0.717, 1.165) is 15.0 Å². The fourth-order valence-electron chi connectivity index (χ4n) is 19.5. The number of nitrogens with two attached hydrogens (primary N) is 1. The minimum atomic E-state index is -2.22. The van der Waals surface area contributed by atoms with Crippen molar-refractivity contribution in [2.24, 2.45) is 11.1 Å². The minimum absolute atomic E-state index is 0.00320. The summed E-state index contributed by atoms with van der Waals surface area (Å²) >= 11 is 2.61. The van der Waals surface area contributed by atoms with Gasteiger partial charge in [-0.15, -0.1) is 11.3 Å². The molecule has 0 unspecified atom stereocenters. The predicted molar refractivity (Wildman–Crippen MR) is 545 cm³/mol. The van der Waals surface area contributed by atoms with Crippen LogP contribution in [0.25, 0.3) is 10.1 Å². The van der Waals surface area contributed by atoms with Crippen molar-refractivity contribution in [3.63, 3.8) is 0 Å². The standard InChI is InChI=1S/C104H136N18O25S2/c1-61(83(105)129)107-85(131)71-35-36-80(124)106-45-24-18-33-70-91(137)120-103(97(144)115-73(53-66-37-49-148-58-66)87(133)113-75(88(134)110-71)54-68-59-149-79-34-17-16-32-69(68)79)44-47-121(60-103)99(146)147-48-25-12-8-7-9-19-38-102(39-20-10-11-21-42-104(43-27-46-122(104)63(3)123)98(145)117-77(56-82(127)128)90(136)114-78(93(139)119-102)57-100(4,5)6)96(143)116-76(55-81(125)126)89(135)112-74(52-65-30-26-31-67(50-65)94(140)141)92(138)118-101(40-22-23-41-101)95(142)108-62(2)84(130)111-72(86(132)109-70)51-64-28-14-13-15-29-64/h7-8,11,13-17,21,26,28-32,34,37,49-50,58-59,61-62,70-78H,9-10,12,18-20,22-25,27,33,35-36,38-48,51-57,60H2,1-6H3,(H2,105,129)(H,106,124)(H,107,131)(H,108,142)(H,109,132)(H,110,134)(H,111,130)(H,112,135)(H,113,133)(H,114,136)(H,115,144)(H,116,143)(H,117,145)(H,118,138)(H,119,139)(H,120,137)(H,125,126)(H,127,128)(H,140,141)/b8-7+,21-11+/t61-,62-,70-,71-,72-,73-,74-,75-,76-,77-,78-,102+,103-,104-/m0/s1. The Morgan fingerprint density at radius 2 is 1.05 bits per heavy atom. The quantitative estimate of drug-likeness (QED) is 0.0594. The fraction of sp³-hybridized carbons (Fsp3) is 0.529. The number of carbonyl (C=O) groups is 21. The maximum Gasteiger partial charge on any atom is 0.409 e. The average molecular weight is 2100 g/mol. The Morgan fingerprint density at radius 1 is 0.510 bits per heavy atom. The van der Waals surface area contributed by atoms with Crippen molar-refractivity contribution >= 4 is 157 Å². The van der Waals surface area contributed by atoms with Gasteiger partial charge in [-0.05, 0) is 209 Å². The number of cyclic esters (lactones) is 1. The van der Waals surface area contributed by atoms with Crippen LogP contribution in [0.3, 0.4) is 0 Å². The number of amides is 18. The van der Waals surface area contributed by atoms with E-state index in [4.69, 9.17) is 10.5 Å². The molecule has 43 nitrogen and oxygen atoms in total. The molecule has 1 saturated carbocycles. The third-order valence-corrected chi connectivity index (χ3v) is 29.5. The van der Waals surface area contributed by atoms with Gasteiger partial charge in [0.1, 0.15) is 88.6 Å². The largest absolute Gasteiger partial charge is 0.481 e. The molecule has 4 spiro atoms. The van der Waals surface area contributed by atoms with Crippen LogP contribution in [-0.2, 0) is 122 Å². The molecule has 11 rings (SSSR count). The minimum Gasteiger partial charge on any atom is -0.481 e. The van der Waals surface area contributed by atoms with E-state index in [2.05, 4.69) is 79.8 Å². The van der Waals surface area contributed by atoms with Crippen LogP contribution in [0, 0.1) is 5.41 Å². The molecule has 20 N–H and O–H groups in total. The Labute approximate surface area is 869 Å². The monoisotopic (exact) mass is 2100 g/mol. The summed E-state index contributed by atoms with van der Waals surface area (Å²) in [4.78, 5) is 311. The Kier molecular flexibility index (Phi) is 40.7. The molecular weight excluding hydrogens is 1970 g/mol. The van der Waals surface area contributed by atoms with Crippen LogP contribution in [0.15, 0.2) is 125 Å². The Morgan fingerprint density at radius 3 is 1.70 bits per heavy atom. The first-order valence-electron chi connectivity index (χ1n) is 50.5. The summed E-state index contributed by atoms with van der Waals surface area (Å²) in [5.41, 5.74) is -1.84. The molecule has 18 amide bonds. The molecule has 14 atom stereocenters. The van der Waals surface area contributed by atoms with Crippen LogP contribution in [0.4, 0.5) is 4.79 Å². The van der Waals surface area contributed by atoms with Crippen molar-refractivity contribution in [3.8, 4) is 0 Å². The van der Waals surface area contributed by atoms with Crippen molar-refractivity contribution in [1.29, 1.82) is 0 Å². The van der Waals surface area contributed by atoms with Gasteiger partial charge in [-0.3, -0.25) is 91.1 Å². The lowest BCUT2D eigenvalue weighted by molar-refractivity contribution is -0.146. The number of nitrogens with one attached hydrogen (secondary N) is 15. The van der Waals surface area contributed by atoms with Crippen LogP contribution in [0.1, 0.15) is 228 Å². The van der Waals surface area contributed by atoms with E-state index in [9.17, 15) is 63.3 Å². The average Bonchev–Trinajstić information content (AvgIpc) is 1.66. The highest BCUT2D eigenvalue weighted by atomic mass is 32.1. The second-order valence-corrected chi connectivity index (χ2v) is 42.1. The van der Waals surface area contributed by atoms with Gasteiger partial charge < -0.3 is 115 Å². The first-order valence-corrected chi connectivity index (χ1v) is 52.3. The van der Waals surface area contributed by atoms with Crippen LogP contribution >= 0.6 is 22.7 Å². The normalized spacial score (nSPS) is 26.9. The SMILES string of the molecule is CC(=O)N1CCC[C@]12C/C=C/CCC[C@@]1(CCC/C=C/CCCOC(=O)N3CC[C@@]4(C3)NC(=O)[C@H](CCCCNC(=O)CC[C@@H](C(=O)N[C@@H](C)C(N)=O)NC(=O)[C@H](Cc3csc5ccccc35)NC(=O)[C@H](Cc3ccsc3)NC4=O)NC(=O)[C@H](Cc3ccccc3)NC(=O)[C@H](C)NC(=O)C3(CCCC3)NC(=O)[C@H](Cc3cccc(C(=O)O)c3)NC(=O)[C@H](CC(=O)O)NC1=O)NC(=O)[C@H](CC(C)(C)C)NC(=O)[C@H](CC(=O)O)NC2=O. The number of carbonyl (C=O) groups excluding carboxylic acids is 18. The van der Waals surface area contributed by atoms with Crippen molar-refractivity contribution < 1.29 is 121 Å². The van der Waals surface area contributed by atoms with E-state index in [1.165, 1.54) is 72.6 Å². The van der Waals surface area contributed by atoms with Gasteiger partial charge in [-0.1, -0.05) is 119 Å². The summed E-state index contributed by atoms with van der Waals surface area (Å²) in [6.07, 6.45) is 1.34. The van der Waals surface area contributed by atoms with Crippen LogP contribution in [-0.4, -0.2) is 271 Å². The first-order chi connectivity index (χ1) is 70.9. The summed E-state index contributed by atoms with van der Waals surface area (Å²) < 4.78 is 6.73. The molecule has 0 radical (unpaired) electrons. The number of primary amides is 1. The van der Waals surface area contributed by atoms with E-state index in [1.54, 1.807) is 104 Å². The number of carboxylic acids is 3. The Hall–Kier alpha value is -14.5. The zero-order chi connectivity index (χ0) is 108. The third kappa shape index (κ3) is 32.0. The van der Waals surface area contributed by atoms with Crippen molar-refractivity contribution in [3.05, 3.63) is 153 Å². The maximum atomic E-state index is 16.2. The van der Waals surface area contributed by atoms with Crippen molar-refractivity contribution in [1.82, 2.24) is 89.6 Å². The Bertz CT molecular complexity index is 5820. The Balaban J connectivity index is 0.985. The highest BCUT2D eigenvalue weighted by molar-refractivity contribution is 7.17. The molecular formula is C104H136N18O25S2. The number of allylic oxidation sites excluding steroid dienone is 3. The molecule has 5 aromatic rings. The molecule has 149 heavy (non-hydrogen) atoms. The van der Waals surface area contributed by atoms with E-state index >= 15 is 52.7 Å². The topological polar surface area (TPSA) is 641 Å². The predicted octanol–water partition coefficient (Wildman–Crippen LogP) is 3.27. The number of aromatic carboxylic acids is 1. The van der Waals surface area contributed by atoms with Crippen LogP contribution in [0.2, 0.25) is 0 Å². The summed E-state index contributed by atoms with van der Waals surface area (Å²) in [5.74, 6) is -21.0. The molecule has 45 heteroatoms. The van der Waals surface area contributed by atoms with Crippen molar-refractivity contribution in [2.75, 3.05) is 32.8 Å². The third-order valence-electron chi connectivity index (χ3n) is 27.7. The van der Waals surface area contributed by atoms with Gasteiger partial charge in [-0.25, -0.2) is 9.59 Å². The molecule has 2 aromatic heterocycles. The van der Waals surface area contributed by atoms with E-state index in [1.807, 2.05) is 18.2 Å². The smallest absolute Gasteiger partial charge is 0.409 e. The highest BCUT2D eigenvalue weighted by Crippen LogP contribution is 2.37. The molecule has 4 fully saturated rings. The molecule has 3 aromatic carbocycles. The van der Waals surface area contributed by atoms with Gasteiger partial charge in [-0.2, -0.15) is 11.3 Å². The summed E-state index contributed by atoms with van der Waals surface area (Å²) in [7, 11) is 0. The van der Waals surface area contributed by atoms with Gasteiger partial charge in [0.25, 0.3) is 0 Å². The number of carboxylic acid groups (broad SMARTS) is 3. The number of ether oxygens (including phenoxy) is 1. The number of fused-ring (bicyclic) bond motifs is 4. The summed E-state index contributed by atoms with van der Waals surface area (Å²) in [5, 5.41) is 78.0. The second kappa shape index (κ2) is 52.9. The summed E-state index contributed by atoms with van der Waals surface area (Å²) in [6, 6.07) is 4.12. The lowest BCUT2D eigenvalue weighted by atomic mass is 9.83. The molecule has 7 heterocycles. The number of likely N-dealkylation sites (tertiary alicyclic amines) is 1. The zero-order valence-electron chi connectivity index (χ0n) is 84.4. The second-order valence-electron chi connectivity index (χ2n) is 40.4. The van der Waals surface area contributed by atoms with Gasteiger partial charge in [0, 0.05) is 63.4 Å². The molecule has 6 aliphatic rings. The molecule has 804 valence electrons. The zero-order valence-corrected chi connectivity index (χ0v) is 86.1. The lowest BCUT2D eigenvalue weighted by Gasteiger charge is -2.38. The summed E-state index contributed by atoms with van der Waals surface area (Å²) in [6.45, 7) is 7.86. The van der Waals surface area contributed by atoms with Gasteiger partial charge >= 0.3 is 24.0 Å². The fourth-order valence-corrected chi connectivity index (χ4v) is 21.2. The first kappa shape index (κ1) is 115. The number of hydrogen-bond acceptors (Lipinski definition) is 24. The molecule has 3 saturated heterocycles. The number of aliphatic carboxylic acids is 2. The number of nitrogens with zero attached hydrogens (tertiary/aromatic N) is 2.